The Labute approximate surface area is 126 Å². The van der Waals surface area contributed by atoms with Crippen LogP contribution in [-0.4, -0.2) is 11.8 Å². The highest BCUT2D eigenvalue weighted by molar-refractivity contribution is 6.39. The Bertz CT molecular complexity index is 717. The fourth-order valence-electron chi connectivity index (χ4n) is 1.85. The van der Waals surface area contributed by atoms with Crippen LogP contribution in [0.25, 0.3) is 0 Å². The summed E-state index contributed by atoms with van der Waals surface area (Å²) in [7, 11) is 0. The second-order valence-electron chi connectivity index (χ2n) is 4.75. The van der Waals surface area contributed by atoms with Gasteiger partial charge in [0.2, 0.25) is 0 Å². The third kappa shape index (κ3) is 4.12. The molecule has 0 aliphatic heterocycles. The van der Waals surface area contributed by atoms with Crippen LogP contribution in [0.4, 0.5) is 14.5 Å². The van der Waals surface area contributed by atoms with Gasteiger partial charge in [-0.05, 0) is 24.6 Å². The molecule has 0 unspecified atom stereocenters. The molecular weight excluding hydrogens is 290 g/mol. The number of carbonyl (C=O) groups excluding carboxylic acids is 2. The highest BCUT2D eigenvalue weighted by Crippen LogP contribution is 2.14. The molecule has 4 nitrogen and oxygen atoms in total. The number of amides is 2. The molecule has 0 bridgehead atoms. The molecule has 0 saturated carbocycles. The van der Waals surface area contributed by atoms with E-state index in [0.29, 0.717) is 6.07 Å². The van der Waals surface area contributed by atoms with Crippen molar-refractivity contribution in [1.29, 1.82) is 0 Å². The van der Waals surface area contributed by atoms with Crippen LogP contribution in [0.3, 0.4) is 0 Å². The van der Waals surface area contributed by atoms with Crippen LogP contribution in [0, 0.1) is 18.6 Å². The summed E-state index contributed by atoms with van der Waals surface area (Å²) in [6.07, 6.45) is 0. The van der Waals surface area contributed by atoms with Crippen LogP contribution < -0.4 is 10.6 Å². The average Bonchev–Trinajstić information content (AvgIpc) is 2.47. The highest BCUT2D eigenvalue weighted by atomic mass is 19.1. The van der Waals surface area contributed by atoms with Gasteiger partial charge >= 0.3 is 11.8 Å². The van der Waals surface area contributed by atoms with Gasteiger partial charge in [0.1, 0.15) is 11.6 Å². The van der Waals surface area contributed by atoms with Gasteiger partial charge in [-0.3, -0.25) is 9.59 Å². The molecule has 22 heavy (non-hydrogen) atoms. The van der Waals surface area contributed by atoms with Crippen molar-refractivity contribution in [2.45, 2.75) is 13.5 Å². The number of carbonyl (C=O) groups is 2. The molecular formula is C16H14F2N2O2. The zero-order valence-electron chi connectivity index (χ0n) is 11.8. The topological polar surface area (TPSA) is 58.2 Å². The van der Waals surface area contributed by atoms with Crippen LogP contribution in [0.15, 0.2) is 42.5 Å². The van der Waals surface area contributed by atoms with E-state index in [0.717, 1.165) is 23.3 Å². The fraction of sp³-hybridized carbons (Fsp3) is 0.125. The Kier molecular flexibility index (Phi) is 4.83. The minimum Gasteiger partial charge on any atom is -0.344 e. The fourth-order valence-corrected chi connectivity index (χ4v) is 1.85. The number of nitrogens with one attached hydrogen (secondary N) is 2. The number of halogens is 2. The first kappa shape index (κ1) is 15.6. The predicted molar refractivity (Wildman–Crippen MR) is 78.0 cm³/mol. The SMILES string of the molecule is Cc1cccc(CNC(=O)C(=O)Nc2ccc(F)cc2F)c1. The standard InChI is InChI=1S/C16H14F2N2O2/c1-10-3-2-4-11(7-10)9-19-15(21)16(22)20-14-6-5-12(17)8-13(14)18/h2-8H,9H2,1H3,(H,19,21)(H,20,22). The Morgan fingerprint density at radius 2 is 1.82 bits per heavy atom. The summed E-state index contributed by atoms with van der Waals surface area (Å²) in [5.41, 5.74) is 1.62. The third-order valence-corrected chi connectivity index (χ3v) is 2.92. The van der Waals surface area contributed by atoms with Crippen LogP contribution in [0.1, 0.15) is 11.1 Å². The zero-order valence-corrected chi connectivity index (χ0v) is 11.8. The summed E-state index contributed by atoms with van der Waals surface area (Å²) in [6.45, 7) is 2.09. The van der Waals surface area contributed by atoms with Gasteiger partial charge in [0, 0.05) is 12.6 Å². The van der Waals surface area contributed by atoms with E-state index in [9.17, 15) is 18.4 Å². The lowest BCUT2D eigenvalue weighted by Crippen LogP contribution is -2.35. The van der Waals surface area contributed by atoms with E-state index in [1.807, 2.05) is 31.2 Å². The molecule has 114 valence electrons. The lowest BCUT2D eigenvalue weighted by atomic mass is 10.1. The molecule has 0 spiro atoms. The lowest BCUT2D eigenvalue weighted by molar-refractivity contribution is -0.136. The molecule has 0 fully saturated rings. The molecule has 2 N–H and O–H groups in total. The molecule has 0 aliphatic carbocycles. The van der Waals surface area contributed by atoms with E-state index in [1.165, 1.54) is 0 Å². The third-order valence-electron chi connectivity index (χ3n) is 2.92. The maximum Gasteiger partial charge on any atom is 0.313 e. The second-order valence-corrected chi connectivity index (χ2v) is 4.75. The maximum atomic E-state index is 13.4. The smallest absolute Gasteiger partial charge is 0.313 e. The van der Waals surface area contributed by atoms with Gasteiger partial charge in [-0.2, -0.15) is 0 Å². The molecule has 2 aromatic carbocycles. The first-order valence-electron chi connectivity index (χ1n) is 6.55. The van der Waals surface area contributed by atoms with Crippen molar-refractivity contribution in [3.63, 3.8) is 0 Å². The second kappa shape index (κ2) is 6.80. The van der Waals surface area contributed by atoms with Gasteiger partial charge in [0.25, 0.3) is 0 Å². The quantitative estimate of drug-likeness (QED) is 0.856. The lowest BCUT2D eigenvalue weighted by Gasteiger charge is -2.08. The van der Waals surface area contributed by atoms with Crippen molar-refractivity contribution < 1.29 is 18.4 Å². The molecule has 0 saturated heterocycles. The zero-order chi connectivity index (χ0) is 16.1. The molecule has 2 rings (SSSR count). The van der Waals surface area contributed by atoms with E-state index in [1.54, 1.807) is 0 Å². The first-order valence-corrected chi connectivity index (χ1v) is 6.55. The highest BCUT2D eigenvalue weighted by Gasteiger charge is 2.15. The van der Waals surface area contributed by atoms with E-state index < -0.39 is 23.4 Å². The largest absolute Gasteiger partial charge is 0.344 e. The van der Waals surface area contributed by atoms with Crippen LogP contribution in [0.2, 0.25) is 0 Å². The summed E-state index contributed by atoms with van der Waals surface area (Å²) in [5, 5.41) is 4.52. The minimum absolute atomic E-state index is 0.180. The number of aryl methyl sites for hydroxylation is 1. The molecule has 0 heterocycles. The van der Waals surface area contributed by atoms with Crippen molar-refractivity contribution in [3.05, 3.63) is 65.2 Å². The van der Waals surface area contributed by atoms with Crippen molar-refractivity contribution in [1.82, 2.24) is 5.32 Å². The summed E-state index contributed by atoms with van der Waals surface area (Å²) >= 11 is 0. The molecule has 2 amide bonds. The van der Waals surface area contributed by atoms with Gasteiger partial charge in [-0.15, -0.1) is 0 Å². The van der Waals surface area contributed by atoms with Gasteiger partial charge in [0.05, 0.1) is 5.69 Å². The van der Waals surface area contributed by atoms with Crippen LogP contribution in [-0.2, 0) is 16.1 Å². The predicted octanol–water partition coefficient (Wildman–Crippen LogP) is 2.53. The normalized spacial score (nSPS) is 10.1. The number of rotatable bonds is 3. The molecule has 0 aliphatic rings. The Balaban J connectivity index is 1.93. The molecule has 2 aromatic rings. The van der Waals surface area contributed by atoms with Gasteiger partial charge in [-0.25, -0.2) is 8.78 Å². The minimum atomic E-state index is -1.02. The monoisotopic (exact) mass is 304 g/mol. The Morgan fingerprint density at radius 1 is 1.05 bits per heavy atom. The van der Waals surface area contributed by atoms with E-state index in [-0.39, 0.29) is 12.2 Å². The summed E-state index contributed by atoms with van der Waals surface area (Å²) in [6, 6.07) is 10.1. The molecule has 0 radical (unpaired) electrons. The number of anilines is 1. The van der Waals surface area contributed by atoms with E-state index in [2.05, 4.69) is 10.6 Å². The first-order chi connectivity index (χ1) is 10.5. The summed E-state index contributed by atoms with van der Waals surface area (Å²) in [4.78, 5) is 23.3. The Hall–Kier alpha value is -2.76. The number of benzene rings is 2. The van der Waals surface area contributed by atoms with Crippen LogP contribution >= 0.6 is 0 Å². The van der Waals surface area contributed by atoms with E-state index >= 15 is 0 Å². The van der Waals surface area contributed by atoms with Crippen molar-refractivity contribution in [3.8, 4) is 0 Å². The Morgan fingerprint density at radius 3 is 2.50 bits per heavy atom. The molecule has 0 atom stereocenters. The van der Waals surface area contributed by atoms with E-state index in [4.69, 9.17) is 0 Å². The maximum absolute atomic E-state index is 13.4. The molecule has 6 heteroatoms. The number of hydrogen-bond acceptors (Lipinski definition) is 2. The van der Waals surface area contributed by atoms with Crippen molar-refractivity contribution in [2.24, 2.45) is 0 Å². The van der Waals surface area contributed by atoms with Crippen molar-refractivity contribution in [2.75, 3.05) is 5.32 Å². The van der Waals surface area contributed by atoms with Crippen molar-refractivity contribution >= 4 is 17.5 Å². The average molecular weight is 304 g/mol. The van der Waals surface area contributed by atoms with Crippen LogP contribution in [0.5, 0.6) is 0 Å². The molecule has 0 aromatic heterocycles. The van der Waals surface area contributed by atoms with Gasteiger partial charge < -0.3 is 10.6 Å². The number of hydrogen-bond donors (Lipinski definition) is 2. The summed E-state index contributed by atoms with van der Waals surface area (Å²) in [5.74, 6) is -3.62. The van der Waals surface area contributed by atoms with Gasteiger partial charge in [0.15, 0.2) is 0 Å². The van der Waals surface area contributed by atoms with Gasteiger partial charge in [-0.1, -0.05) is 29.8 Å². The summed E-state index contributed by atoms with van der Waals surface area (Å²) < 4.78 is 26.1.